The molecule has 30 heavy (non-hydrogen) atoms. The molecule has 1 N–H and O–H groups in total. The molecule has 0 radical (unpaired) electrons. The van der Waals surface area contributed by atoms with Crippen molar-refractivity contribution in [3.63, 3.8) is 0 Å². The minimum atomic E-state index is -0.598. The van der Waals surface area contributed by atoms with Crippen LogP contribution in [0.25, 0.3) is 0 Å². The van der Waals surface area contributed by atoms with E-state index in [0.29, 0.717) is 25.6 Å². The summed E-state index contributed by atoms with van der Waals surface area (Å²) >= 11 is 0. The Morgan fingerprint density at radius 3 is 2.70 bits per heavy atom. The Morgan fingerprint density at radius 2 is 1.90 bits per heavy atom. The van der Waals surface area contributed by atoms with Gasteiger partial charge in [0.1, 0.15) is 12.4 Å². The Kier molecular flexibility index (Phi) is 5.19. The number of carbonyl (C=O) groups excluding carboxylic acids is 2. The van der Waals surface area contributed by atoms with Crippen LogP contribution in [0.15, 0.2) is 24.3 Å². The monoisotopic (exact) mass is 414 g/mol. The molecule has 5 aliphatic rings. The fraction of sp³-hybridized carbons (Fsp3) is 0.652. The summed E-state index contributed by atoms with van der Waals surface area (Å²) in [6.07, 6.45) is 4.92. The zero-order valence-corrected chi connectivity index (χ0v) is 17.5. The maximum atomic E-state index is 13.3. The van der Waals surface area contributed by atoms with Crippen LogP contribution in [-0.2, 0) is 19.1 Å². The highest BCUT2D eigenvalue weighted by Crippen LogP contribution is 2.40. The predicted molar refractivity (Wildman–Crippen MR) is 109 cm³/mol. The summed E-state index contributed by atoms with van der Waals surface area (Å²) in [4.78, 5) is 27.3. The summed E-state index contributed by atoms with van der Waals surface area (Å²) < 4.78 is 18.0. The highest BCUT2D eigenvalue weighted by atomic mass is 16.5. The number of nitrogens with zero attached hydrogens (tertiary/aromatic N) is 1. The third-order valence-electron chi connectivity index (χ3n) is 7.25. The van der Waals surface area contributed by atoms with Crippen molar-refractivity contribution in [1.82, 2.24) is 10.2 Å². The molecule has 2 saturated heterocycles. The number of rotatable bonds is 0. The van der Waals surface area contributed by atoms with Crippen LogP contribution in [0.3, 0.4) is 0 Å². The van der Waals surface area contributed by atoms with Crippen LogP contribution in [-0.4, -0.2) is 66.9 Å². The van der Waals surface area contributed by atoms with E-state index >= 15 is 0 Å². The molecule has 2 bridgehead atoms. The first kappa shape index (κ1) is 19.8. The molecule has 0 aromatic heterocycles. The van der Waals surface area contributed by atoms with Gasteiger partial charge < -0.3 is 24.4 Å². The topological polar surface area (TPSA) is 77.1 Å². The number of ether oxygens (including phenoxy) is 3. The summed E-state index contributed by atoms with van der Waals surface area (Å²) in [5.41, 5.74) is 0.595. The van der Waals surface area contributed by atoms with Crippen molar-refractivity contribution in [1.29, 1.82) is 0 Å². The molecule has 7 nitrogen and oxygen atoms in total. The molecule has 1 aromatic carbocycles. The number of para-hydroxylation sites is 1. The molecule has 0 unspecified atom stereocenters. The highest BCUT2D eigenvalue weighted by molar-refractivity contribution is 5.81. The number of hydrogen-bond acceptors (Lipinski definition) is 5. The molecule has 1 aromatic rings. The SMILES string of the molecule is C[C@@H]1C[C@]2(COCC(=O)N2)[C@H]2COC3CCC(CC3)c3ccccc3OCC(=O)N12. The molecule has 6 rings (SSSR count). The van der Waals surface area contributed by atoms with Crippen molar-refractivity contribution >= 4 is 11.8 Å². The minimum absolute atomic E-state index is 0.0150. The molecule has 1 saturated carbocycles. The van der Waals surface area contributed by atoms with Gasteiger partial charge in [-0.25, -0.2) is 0 Å². The van der Waals surface area contributed by atoms with Gasteiger partial charge in [-0.2, -0.15) is 0 Å². The van der Waals surface area contributed by atoms with Crippen LogP contribution in [0, 0.1) is 0 Å². The summed E-state index contributed by atoms with van der Waals surface area (Å²) in [6, 6.07) is 7.79. The van der Waals surface area contributed by atoms with E-state index in [1.54, 1.807) is 0 Å². The average Bonchev–Trinajstić information content (AvgIpc) is 3.01. The predicted octanol–water partition coefficient (Wildman–Crippen LogP) is 2.00. The van der Waals surface area contributed by atoms with E-state index < -0.39 is 5.54 Å². The largest absolute Gasteiger partial charge is 0.483 e. The Hall–Kier alpha value is -2.12. The smallest absolute Gasteiger partial charge is 0.261 e. The number of amides is 2. The van der Waals surface area contributed by atoms with Gasteiger partial charge in [-0.15, -0.1) is 0 Å². The second-order valence-electron chi connectivity index (χ2n) is 9.20. The number of hydrogen-bond donors (Lipinski definition) is 1. The van der Waals surface area contributed by atoms with E-state index in [2.05, 4.69) is 11.4 Å². The number of carbonyl (C=O) groups is 2. The van der Waals surface area contributed by atoms with E-state index in [9.17, 15) is 9.59 Å². The lowest BCUT2D eigenvalue weighted by atomic mass is 9.82. The summed E-state index contributed by atoms with van der Waals surface area (Å²) in [5.74, 6) is 1.04. The standard InChI is InChI=1S/C23H30N2O5/c1-15-10-23(14-28-12-21(26)24-23)20-11-29-17-8-6-16(7-9-17)18-4-2-3-5-19(18)30-13-22(27)25(15)20/h2-5,15-17,20H,6-14H2,1H3,(H,24,26)/t15-,16?,17?,20-,23+/m1/s1. The Morgan fingerprint density at radius 1 is 1.10 bits per heavy atom. The number of fused-ring (bicyclic) bond motifs is 5. The zero-order chi connectivity index (χ0) is 20.7. The molecule has 3 fully saturated rings. The molecular formula is C23H30N2O5. The molecule has 4 aliphatic heterocycles. The van der Waals surface area contributed by atoms with Gasteiger partial charge in [0.05, 0.1) is 30.9 Å². The maximum Gasteiger partial charge on any atom is 0.261 e. The van der Waals surface area contributed by atoms with Gasteiger partial charge in [0.25, 0.3) is 5.91 Å². The summed E-state index contributed by atoms with van der Waals surface area (Å²) in [5, 5.41) is 3.15. The molecule has 7 heteroatoms. The maximum absolute atomic E-state index is 13.3. The van der Waals surface area contributed by atoms with Crippen molar-refractivity contribution in [3.05, 3.63) is 29.8 Å². The average molecular weight is 415 g/mol. The number of benzene rings is 1. The molecule has 2 amide bonds. The quantitative estimate of drug-likeness (QED) is 0.703. The fourth-order valence-corrected chi connectivity index (χ4v) is 5.89. The van der Waals surface area contributed by atoms with Gasteiger partial charge in [-0.3, -0.25) is 9.59 Å². The van der Waals surface area contributed by atoms with E-state index in [-0.39, 0.29) is 43.2 Å². The second-order valence-corrected chi connectivity index (χ2v) is 9.20. The van der Waals surface area contributed by atoms with Gasteiger partial charge in [0, 0.05) is 6.04 Å². The third-order valence-corrected chi connectivity index (χ3v) is 7.25. The lowest BCUT2D eigenvalue weighted by molar-refractivity contribution is -0.145. The Balaban J connectivity index is 1.47. The minimum Gasteiger partial charge on any atom is -0.483 e. The third kappa shape index (κ3) is 3.48. The van der Waals surface area contributed by atoms with Crippen molar-refractivity contribution in [2.24, 2.45) is 0 Å². The lowest BCUT2D eigenvalue weighted by Crippen LogP contribution is -2.65. The molecule has 162 valence electrons. The summed E-state index contributed by atoms with van der Waals surface area (Å²) in [6.45, 7) is 2.89. The molecular weight excluding hydrogens is 384 g/mol. The van der Waals surface area contributed by atoms with E-state index in [0.717, 1.165) is 31.4 Å². The fourth-order valence-electron chi connectivity index (χ4n) is 5.89. The van der Waals surface area contributed by atoms with Crippen LogP contribution >= 0.6 is 0 Å². The van der Waals surface area contributed by atoms with Crippen molar-refractivity contribution in [3.8, 4) is 5.75 Å². The first-order chi connectivity index (χ1) is 14.6. The molecule has 3 atom stereocenters. The van der Waals surface area contributed by atoms with Gasteiger partial charge in [0.2, 0.25) is 5.91 Å². The Bertz CT molecular complexity index is 822. The van der Waals surface area contributed by atoms with Gasteiger partial charge in [-0.05, 0) is 56.6 Å². The van der Waals surface area contributed by atoms with Crippen LogP contribution < -0.4 is 10.1 Å². The van der Waals surface area contributed by atoms with Gasteiger partial charge in [-0.1, -0.05) is 18.2 Å². The van der Waals surface area contributed by atoms with Crippen LogP contribution in [0.2, 0.25) is 0 Å². The van der Waals surface area contributed by atoms with E-state index in [1.807, 2.05) is 30.0 Å². The Labute approximate surface area is 177 Å². The lowest BCUT2D eigenvalue weighted by Gasteiger charge is -2.41. The molecule has 4 heterocycles. The van der Waals surface area contributed by atoms with Gasteiger partial charge >= 0.3 is 0 Å². The first-order valence-electron chi connectivity index (χ1n) is 11.1. The van der Waals surface area contributed by atoms with Crippen molar-refractivity contribution in [2.45, 2.75) is 68.7 Å². The number of morpholine rings is 1. The van der Waals surface area contributed by atoms with Crippen molar-refractivity contribution < 1.29 is 23.8 Å². The first-order valence-corrected chi connectivity index (χ1v) is 11.1. The van der Waals surface area contributed by atoms with Crippen molar-refractivity contribution in [2.75, 3.05) is 26.4 Å². The number of nitrogens with one attached hydrogen (secondary N) is 1. The van der Waals surface area contributed by atoms with Crippen LogP contribution in [0.4, 0.5) is 0 Å². The zero-order valence-electron chi connectivity index (χ0n) is 17.5. The normalized spacial score (nSPS) is 36.8. The van der Waals surface area contributed by atoms with Crippen LogP contribution in [0.1, 0.15) is 50.5 Å². The van der Waals surface area contributed by atoms with Crippen LogP contribution in [0.5, 0.6) is 5.75 Å². The highest BCUT2D eigenvalue weighted by Gasteiger charge is 2.55. The molecule has 1 aliphatic carbocycles. The van der Waals surface area contributed by atoms with Gasteiger partial charge in [0.15, 0.2) is 6.61 Å². The second kappa shape index (κ2) is 7.85. The molecule has 1 spiro atoms. The summed E-state index contributed by atoms with van der Waals surface area (Å²) in [7, 11) is 0. The van der Waals surface area contributed by atoms with E-state index in [1.165, 1.54) is 5.56 Å². The van der Waals surface area contributed by atoms with E-state index in [4.69, 9.17) is 14.2 Å².